The topological polar surface area (TPSA) is 110 Å². The quantitative estimate of drug-likeness (QED) is 0.635. The normalized spacial score (nSPS) is 15.3. The summed E-state index contributed by atoms with van der Waals surface area (Å²) >= 11 is 11.4. The molecule has 0 bridgehead atoms. The zero-order valence-corrected chi connectivity index (χ0v) is 12.1. The molecule has 0 spiro atoms. The molecule has 1 saturated carbocycles. The van der Waals surface area contributed by atoms with E-state index in [9.17, 15) is 19.7 Å². The van der Waals surface area contributed by atoms with E-state index in [1.165, 1.54) is 6.07 Å². The lowest BCUT2D eigenvalue weighted by Crippen LogP contribution is -2.34. The number of nitrogens with zero attached hydrogens (tertiary/aromatic N) is 1. The fourth-order valence-electron chi connectivity index (χ4n) is 1.81. The van der Waals surface area contributed by atoms with Gasteiger partial charge in [0.05, 0.1) is 15.4 Å². The lowest BCUT2D eigenvalue weighted by molar-refractivity contribution is -0.384. The molecule has 21 heavy (non-hydrogen) atoms. The minimum Gasteiger partial charge on any atom is -0.481 e. The van der Waals surface area contributed by atoms with Gasteiger partial charge in [0, 0.05) is 18.2 Å². The Morgan fingerprint density at radius 3 is 2.48 bits per heavy atom. The molecule has 1 amide bonds. The van der Waals surface area contributed by atoms with Crippen molar-refractivity contribution < 1.29 is 19.6 Å². The van der Waals surface area contributed by atoms with Crippen LogP contribution in [0.5, 0.6) is 0 Å². The van der Waals surface area contributed by atoms with Crippen molar-refractivity contribution in [2.24, 2.45) is 5.41 Å². The number of hydrogen-bond donors (Lipinski definition) is 2. The maximum absolute atomic E-state index is 12.0. The number of amides is 1. The molecule has 7 nitrogen and oxygen atoms in total. The van der Waals surface area contributed by atoms with Gasteiger partial charge >= 0.3 is 5.97 Å². The molecular formula is C12H10Cl2N2O5. The molecule has 2 rings (SSSR count). The summed E-state index contributed by atoms with van der Waals surface area (Å²) in [6.45, 7) is -0.0325. The van der Waals surface area contributed by atoms with Gasteiger partial charge < -0.3 is 10.4 Å². The number of carbonyl (C=O) groups is 2. The third kappa shape index (κ3) is 3.08. The van der Waals surface area contributed by atoms with Crippen molar-refractivity contribution in [1.82, 2.24) is 5.32 Å². The molecule has 0 unspecified atom stereocenters. The van der Waals surface area contributed by atoms with Gasteiger partial charge in [-0.05, 0) is 18.9 Å². The molecule has 0 saturated heterocycles. The first-order valence-electron chi connectivity index (χ1n) is 5.92. The minimum atomic E-state index is -0.970. The second-order valence-electron chi connectivity index (χ2n) is 4.82. The molecular weight excluding hydrogens is 323 g/mol. The van der Waals surface area contributed by atoms with Gasteiger partial charge in [0.2, 0.25) is 0 Å². The number of carboxylic acids is 1. The average molecular weight is 333 g/mol. The Morgan fingerprint density at radius 1 is 1.38 bits per heavy atom. The van der Waals surface area contributed by atoms with Gasteiger partial charge in [-0.2, -0.15) is 0 Å². The molecule has 1 aromatic carbocycles. The first-order valence-corrected chi connectivity index (χ1v) is 6.67. The predicted molar refractivity (Wildman–Crippen MR) is 74.8 cm³/mol. The maximum atomic E-state index is 12.0. The van der Waals surface area contributed by atoms with Crippen LogP contribution in [0.2, 0.25) is 10.0 Å². The number of carbonyl (C=O) groups excluding carboxylic acids is 1. The Kier molecular flexibility index (Phi) is 4.06. The third-order valence-corrected chi connectivity index (χ3v) is 4.15. The number of nitrogens with one attached hydrogen (secondary N) is 1. The standard InChI is InChI=1S/C12H10Cl2N2O5/c13-7-3-6(4-8(9(7)14)16(20)21)10(17)15-5-12(1-2-12)11(18)19/h3-4H,1-2,5H2,(H,15,17)(H,18,19). The molecule has 0 radical (unpaired) electrons. The Balaban J connectivity index is 2.16. The van der Waals surface area contributed by atoms with Gasteiger partial charge in [0.15, 0.2) is 0 Å². The van der Waals surface area contributed by atoms with Gasteiger partial charge in [0.1, 0.15) is 5.02 Å². The van der Waals surface area contributed by atoms with Gasteiger partial charge in [0.25, 0.3) is 11.6 Å². The number of hydrogen-bond acceptors (Lipinski definition) is 4. The largest absolute Gasteiger partial charge is 0.481 e. The van der Waals surface area contributed by atoms with Crippen LogP contribution in [0.3, 0.4) is 0 Å². The summed E-state index contributed by atoms with van der Waals surface area (Å²) in [6, 6.07) is 2.20. The molecule has 1 aliphatic carbocycles. The SMILES string of the molecule is O=C(NCC1(C(=O)O)CC1)c1cc(Cl)c(Cl)c([N+](=O)[O-])c1. The van der Waals surface area contributed by atoms with Gasteiger partial charge in [-0.1, -0.05) is 23.2 Å². The first kappa shape index (κ1) is 15.5. The smallest absolute Gasteiger partial charge is 0.311 e. The van der Waals surface area contributed by atoms with E-state index < -0.39 is 27.9 Å². The Bertz CT molecular complexity index is 643. The van der Waals surface area contributed by atoms with Crippen molar-refractivity contribution in [2.45, 2.75) is 12.8 Å². The van der Waals surface area contributed by atoms with Crippen LogP contribution in [0.1, 0.15) is 23.2 Å². The fraction of sp³-hybridized carbons (Fsp3) is 0.333. The number of benzene rings is 1. The van der Waals surface area contributed by atoms with Gasteiger partial charge in [-0.25, -0.2) is 0 Å². The second-order valence-corrected chi connectivity index (χ2v) is 5.60. The van der Waals surface area contributed by atoms with Crippen LogP contribution >= 0.6 is 23.2 Å². The Hall–Kier alpha value is -1.86. The molecule has 0 aromatic heterocycles. The maximum Gasteiger partial charge on any atom is 0.311 e. The minimum absolute atomic E-state index is 0.0325. The molecule has 0 heterocycles. The van der Waals surface area contributed by atoms with Crippen LogP contribution in [0.4, 0.5) is 5.69 Å². The summed E-state index contributed by atoms with van der Waals surface area (Å²) in [5.74, 6) is -1.60. The van der Waals surface area contributed by atoms with E-state index in [-0.39, 0.29) is 22.2 Å². The number of nitro benzene ring substituents is 1. The van der Waals surface area contributed by atoms with Gasteiger partial charge in [-0.15, -0.1) is 0 Å². The molecule has 112 valence electrons. The van der Waals surface area contributed by atoms with Crippen molar-refractivity contribution in [2.75, 3.05) is 6.54 Å². The Morgan fingerprint density at radius 2 is 2.00 bits per heavy atom. The van der Waals surface area contributed by atoms with Crippen LogP contribution in [-0.4, -0.2) is 28.5 Å². The highest BCUT2D eigenvalue weighted by Crippen LogP contribution is 2.45. The van der Waals surface area contributed by atoms with Crippen LogP contribution in [-0.2, 0) is 4.79 Å². The average Bonchev–Trinajstić information content (AvgIpc) is 3.19. The van der Waals surface area contributed by atoms with Crippen molar-refractivity contribution in [3.05, 3.63) is 37.9 Å². The second kappa shape index (κ2) is 5.50. The van der Waals surface area contributed by atoms with Gasteiger partial charge in [-0.3, -0.25) is 19.7 Å². The van der Waals surface area contributed by atoms with E-state index in [2.05, 4.69) is 5.32 Å². The van der Waals surface area contributed by atoms with E-state index in [1.807, 2.05) is 0 Å². The molecule has 1 aliphatic rings. The summed E-state index contributed by atoms with van der Waals surface area (Å²) in [7, 11) is 0. The van der Waals surface area contributed by atoms with E-state index in [1.54, 1.807) is 0 Å². The van der Waals surface area contributed by atoms with E-state index in [4.69, 9.17) is 28.3 Å². The van der Waals surface area contributed by atoms with Crippen LogP contribution in [0, 0.1) is 15.5 Å². The zero-order chi connectivity index (χ0) is 15.8. The van der Waals surface area contributed by atoms with E-state index in [0.717, 1.165) is 6.07 Å². The highest BCUT2D eigenvalue weighted by Gasteiger charge is 2.50. The summed E-state index contributed by atoms with van der Waals surface area (Å²) in [6.07, 6.45) is 0.980. The summed E-state index contributed by atoms with van der Waals surface area (Å²) in [5.41, 5.74) is -1.44. The van der Waals surface area contributed by atoms with E-state index in [0.29, 0.717) is 12.8 Å². The molecule has 1 fully saturated rings. The Labute approximate surface area is 129 Å². The molecule has 0 atom stereocenters. The molecule has 0 aliphatic heterocycles. The number of nitro groups is 1. The van der Waals surface area contributed by atoms with Crippen LogP contribution < -0.4 is 5.32 Å². The molecule has 2 N–H and O–H groups in total. The summed E-state index contributed by atoms with van der Waals surface area (Å²) < 4.78 is 0. The molecule has 9 heteroatoms. The highest BCUT2D eigenvalue weighted by molar-refractivity contribution is 6.43. The molecule has 1 aromatic rings. The predicted octanol–water partition coefficient (Wildman–Crippen LogP) is 2.50. The van der Waals surface area contributed by atoms with Crippen molar-refractivity contribution in [1.29, 1.82) is 0 Å². The lowest BCUT2D eigenvalue weighted by Gasteiger charge is -2.11. The number of aliphatic carboxylic acids is 1. The number of halogens is 2. The third-order valence-electron chi connectivity index (χ3n) is 3.36. The summed E-state index contributed by atoms with van der Waals surface area (Å²) in [5, 5.41) is 21.9. The number of carboxylic acid groups (broad SMARTS) is 1. The van der Waals surface area contributed by atoms with Crippen LogP contribution in [0.15, 0.2) is 12.1 Å². The zero-order valence-electron chi connectivity index (χ0n) is 10.6. The van der Waals surface area contributed by atoms with Crippen molar-refractivity contribution in [3.63, 3.8) is 0 Å². The van der Waals surface area contributed by atoms with E-state index >= 15 is 0 Å². The lowest BCUT2D eigenvalue weighted by atomic mass is 10.1. The highest BCUT2D eigenvalue weighted by atomic mass is 35.5. The van der Waals surface area contributed by atoms with Crippen LogP contribution in [0.25, 0.3) is 0 Å². The monoisotopic (exact) mass is 332 g/mol. The van der Waals surface area contributed by atoms with Crippen molar-refractivity contribution >= 4 is 40.8 Å². The summed E-state index contributed by atoms with van der Waals surface area (Å²) in [4.78, 5) is 33.0. The van der Waals surface area contributed by atoms with Crippen molar-refractivity contribution in [3.8, 4) is 0 Å². The fourth-order valence-corrected chi connectivity index (χ4v) is 2.20. The first-order chi connectivity index (χ1) is 9.77. The number of rotatable bonds is 5.